The van der Waals surface area contributed by atoms with Gasteiger partial charge in [-0.1, -0.05) is 29.8 Å². The van der Waals surface area contributed by atoms with Gasteiger partial charge in [-0.2, -0.15) is 0 Å². The van der Waals surface area contributed by atoms with Gasteiger partial charge >= 0.3 is 0 Å². The molecule has 2 rings (SSSR count). The number of rotatable bonds is 3. The van der Waals surface area contributed by atoms with E-state index in [4.69, 9.17) is 11.6 Å². The first-order chi connectivity index (χ1) is 8.47. The molecule has 1 heterocycles. The van der Waals surface area contributed by atoms with Crippen LogP contribution in [0.4, 0.5) is 0 Å². The zero-order valence-electron chi connectivity index (χ0n) is 9.67. The Labute approximate surface area is 111 Å². The van der Waals surface area contributed by atoms with Crippen LogP contribution in [-0.2, 0) is 15.6 Å². The Kier molecular flexibility index (Phi) is 3.63. The Balaban J connectivity index is 2.34. The molecule has 0 aliphatic carbocycles. The van der Waals surface area contributed by atoms with Crippen LogP contribution >= 0.6 is 11.6 Å². The summed E-state index contributed by atoms with van der Waals surface area (Å²) in [6.07, 6.45) is 0. The van der Waals surface area contributed by atoms with Crippen molar-refractivity contribution in [2.45, 2.75) is 17.6 Å². The zero-order chi connectivity index (χ0) is 13.2. The van der Waals surface area contributed by atoms with E-state index >= 15 is 0 Å². The van der Waals surface area contributed by atoms with Gasteiger partial charge < -0.3 is 0 Å². The lowest BCUT2D eigenvalue weighted by Crippen LogP contribution is -2.07. The molecule has 94 valence electrons. The average molecular weight is 283 g/mol. The standard InChI is InChI=1S/C12H11ClN2O2S/c1-9-14-10(7-12(13)15-9)8-18(16,17)11-5-3-2-4-6-11/h2-7H,8H2,1H3. The number of halogens is 1. The maximum Gasteiger partial charge on any atom is 0.184 e. The van der Waals surface area contributed by atoms with Gasteiger partial charge in [0, 0.05) is 0 Å². The summed E-state index contributed by atoms with van der Waals surface area (Å²) in [5.41, 5.74) is 0.399. The van der Waals surface area contributed by atoms with Crippen LogP contribution in [-0.4, -0.2) is 18.4 Å². The van der Waals surface area contributed by atoms with E-state index in [2.05, 4.69) is 9.97 Å². The second-order valence-corrected chi connectivity index (χ2v) is 6.18. The first kappa shape index (κ1) is 13.0. The van der Waals surface area contributed by atoms with E-state index in [1.54, 1.807) is 37.3 Å². The fourth-order valence-electron chi connectivity index (χ4n) is 1.57. The highest BCUT2D eigenvalue weighted by molar-refractivity contribution is 7.90. The van der Waals surface area contributed by atoms with Crippen molar-refractivity contribution >= 4 is 21.4 Å². The lowest BCUT2D eigenvalue weighted by molar-refractivity contribution is 0.594. The van der Waals surface area contributed by atoms with Crippen molar-refractivity contribution in [3.8, 4) is 0 Å². The van der Waals surface area contributed by atoms with Gasteiger partial charge in [0.2, 0.25) is 0 Å². The van der Waals surface area contributed by atoms with Crippen molar-refractivity contribution in [1.82, 2.24) is 9.97 Å². The summed E-state index contributed by atoms with van der Waals surface area (Å²) in [5.74, 6) is 0.279. The Hall–Kier alpha value is -1.46. The second kappa shape index (κ2) is 5.04. The highest BCUT2D eigenvalue weighted by Gasteiger charge is 2.16. The number of benzene rings is 1. The average Bonchev–Trinajstić information content (AvgIpc) is 2.28. The van der Waals surface area contributed by atoms with Gasteiger partial charge in [0.05, 0.1) is 16.3 Å². The highest BCUT2D eigenvalue weighted by Crippen LogP contribution is 2.16. The van der Waals surface area contributed by atoms with E-state index in [1.807, 2.05) is 0 Å². The molecule has 0 N–H and O–H groups in total. The lowest BCUT2D eigenvalue weighted by atomic mass is 10.4. The molecule has 1 aromatic carbocycles. The summed E-state index contributed by atoms with van der Waals surface area (Å²) in [5, 5.41) is 0.251. The fraction of sp³-hybridized carbons (Fsp3) is 0.167. The predicted octanol–water partition coefficient (Wildman–Crippen LogP) is 2.41. The van der Waals surface area contributed by atoms with Gasteiger partial charge in [-0.15, -0.1) is 0 Å². The predicted molar refractivity (Wildman–Crippen MR) is 69.1 cm³/mol. The summed E-state index contributed by atoms with van der Waals surface area (Å²) >= 11 is 5.78. The van der Waals surface area contributed by atoms with E-state index in [-0.39, 0.29) is 15.8 Å². The molecular formula is C12H11ClN2O2S. The number of sulfone groups is 1. The molecule has 0 fully saturated rings. The molecule has 4 nitrogen and oxygen atoms in total. The van der Waals surface area contributed by atoms with Crippen LogP contribution in [0.2, 0.25) is 5.15 Å². The van der Waals surface area contributed by atoms with Crippen LogP contribution < -0.4 is 0 Å². The molecule has 2 aromatic rings. The molecule has 0 unspecified atom stereocenters. The topological polar surface area (TPSA) is 59.9 Å². The summed E-state index contributed by atoms with van der Waals surface area (Å²) in [4.78, 5) is 8.24. The van der Waals surface area contributed by atoms with Crippen LogP contribution in [0.5, 0.6) is 0 Å². The molecule has 0 amide bonds. The van der Waals surface area contributed by atoms with Crippen molar-refractivity contribution in [2.75, 3.05) is 0 Å². The molecule has 0 aliphatic heterocycles. The zero-order valence-corrected chi connectivity index (χ0v) is 11.2. The quantitative estimate of drug-likeness (QED) is 0.811. The summed E-state index contributed by atoms with van der Waals surface area (Å²) in [6, 6.07) is 9.73. The maximum atomic E-state index is 12.1. The first-order valence-electron chi connectivity index (χ1n) is 5.25. The number of nitrogens with zero attached hydrogens (tertiary/aromatic N) is 2. The van der Waals surface area contributed by atoms with Crippen molar-refractivity contribution < 1.29 is 8.42 Å². The Bertz CT molecular complexity index is 637. The van der Waals surface area contributed by atoms with Crippen LogP contribution in [0.3, 0.4) is 0 Å². The SMILES string of the molecule is Cc1nc(Cl)cc(CS(=O)(=O)c2ccccc2)n1. The molecule has 6 heteroatoms. The number of aromatic nitrogens is 2. The number of hydrogen-bond donors (Lipinski definition) is 0. The van der Waals surface area contributed by atoms with Gasteiger partial charge in [-0.25, -0.2) is 18.4 Å². The van der Waals surface area contributed by atoms with E-state index < -0.39 is 9.84 Å². The molecule has 0 aliphatic rings. The molecule has 0 saturated heterocycles. The Morgan fingerprint density at radius 2 is 1.83 bits per heavy atom. The van der Waals surface area contributed by atoms with Crippen LogP contribution in [0.15, 0.2) is 41.3 Å². The second-order valence-electron chi connectivity index (χ2n) is 3.80. The summed E-state index contributed by atoms with van der Waals surface area (Å²) in [7, 11) is -3.40. The molecule has 0 radical (unpaired) electrons. The molecule has 0 spiro atoms. The van der Waals surface area contributed by atoms with E-state index in [0.29, 0.717) is 11.5 Å². The third-order valence-corrected chi connectivity index (χ3v) is 4.16. The third-order valence-electron chi connectivity index (χ3n) is 2.30. The normalized spacial score (nSPS) is 11.4. The smallest absolute Gasteiger partial charge is 0.184 e. The molecule has 0 saturated carbocycles. The van der Waals surface area contributed by atoms with Gasteiger partial charge in [0.25, 0.3) is 0 Å². The van der Waals surface area contributed by atoms with E-state index in [0.717, 1.165) is 0 Å². The largest absolute Gasteiger partial charge is 0.237 e. The summed E-state index contributed by atoms with van der Waals surface area (Å²) < 4.78 is 24.2. The molecule has 0 atom stereocenters. The Morgan fingerprint density at radius 3 is 2.44 bits per heavy atom. The van der Waals surface area contributed by atoms with E-state index in [9.17, 15) is 8.42 Å². The minimum atomic E-state index is -3.40. The van der Waals surface area contributed by atoms with Crippen molar-refractivity contribution in [3.05, 3.63) is 53.1 Å². The van der Waals surface area contributed by atoms with Crippen LogP contribution in [0, 0.1) is 6.92 Å². The Morgan fingerprint density at radius 1 is 1.17 bits per heavy atom. The minimum absolute atomic E-state index is 0.180. The molecule has 1 aromatic heterocycles. The number of aryl methyl sites for hydroxylation is 1. The van der Waals surface area contributed by atoms with Gasteiger partial charge in [-0.3, -0.25) is 0 Å². The number of hydrogen-bond acceptors (Lipinski definition) is 4. The van der Waals surface area contributed by atoms with Gasteiger partial charge in [0.1, 0.15) is 11.0 Å². The third kappa shape index (κ3) is 3.05. The van der Waals surface area contributed by atoms with Crippen LogP contribution in [0.1, 0.15) is 11.5 Å². The summed E-state index contributed by atoms with van der Waals surface area (Å²) in [6.45, 7) is 1.67. The van der Waals surface area contributed by atoms with Crippen molar-refractivity contribution in [3.63, 3.8) is 0 Å². The first-order valence-corrected chi connectivity index (χ1v) is 7.28. The molecule has 18 heavy (non-hydrogen) atoms. The molecular weight excluding hydrogens is 272 g/mol. The van der Waals surface area contributed by atoms with Gasteiger partial charge in [-0.05, 0) is 25.1 Å². The van der Waals surface area contributed by atoms with Crippen LogP contribution in [0.25, 0.3) is 0 Å². The minimum Gasteiger partial charge on any atom is -0.237 e. The maximum absolute atomic E-state index is 12.1. The lowest BCUT2D eigenvalue weighted by Gasteiger charge is -2.05. The monoisotopic (exact) mass is 282 g/mol. The van der Waals surface area contributed by atoms with Crippen molar-refractivity contribution in [1.29, 1.82) is 0 Å². The highest BCUT2D eigenvalue weighted by atomic mass is 35.5. The van der Waals surface area contributed by atoms with Gasteiger partial charge in [0.15, 0.2) is 9.84 Å². The molecule has 0 bridgehead atoms. The van der Waals surface area contributed by atoms with Crippen molar-refractivity contribution in [2.24, 2.45) is 0 Å². The van der Waals surface area contributed by atoms with E-state index in [1.165, 1.54) is 6.07 Å². The fourth-order valence-corrected chi connectivity index (χ4v) is 3.09.